The molecule has 0 saturated heterocycles. The van der Waals surface area contributed by atoms with Crippen molar-refractivity contribution >= 4 is 6.03 Å². The zero-order valence-electron chi connectivity index (χ0n) is 15.6. The van der Waals surface area contributed by atoms with Crippen LogP contribution in [0.15, 0.2) is 48.5 Å². The standard InChI is InChI=1S/C21H27N3O3/c1-27-20-8-6-16(7-9-20)12-22-21(26)23-13-19(25)15-24-11-10-17-4-2-3-5-18(17)14-24/h2-9,19,25H,10-15H2,1H3,(H2,22,23,26)/t19-/m0/s1. The van der Waals surface area contributed by atoms with E-state index in [2.05, 4.69) is 33.7 Å². The minimum Gasteiger partial charge on any atom is -0.497 e. The first-order valence-corrected chi connectivity index (χ1v) is 9.26. The maximum Gasteiger partial charge on any atom is 0.315 e. The molecule has 1 atom stereocenters. The van der Waals surface area contributed by atoms with Crippen LogP contribution >= 0.6 is 0 Å². The highest BCUT2D eigenvalue weighted by Gasteiger charge is 2.18. The van der Waals surface area contributed by atoms with Crippen LogP contribution < -0.4 is 15.4 Å². The number of methoxy groups -OCH3 is 1. The molecule has 3 rings (SSSR count). The predicted molar refractivity (Wildman–Crippen MR) is 105 cm³/mol. The molecule has 3 N–H and O–H groups in total. The largest absolute Gasteiger partial charge is 0.497 e. The van der Waals surface area contributed by atoms with Crippen LogP contribution in [-0.4, -0.2) is 48.9 Å². The number of urea groups is 1. The Bertz CT molecular complexity index is 749. The van der Waals surface area contributed by atoms with Crippen molar-refractivity contribution in [2.45, 2.75) is 25.6 Å². The van der Waals surface area contributed by atoms with Crippen molar-refractivity contribution in [1.82, 2.24) is 15.5 Å². The maximum absolute atomic E-state index is 11.9. The Kier molecular flexibility index (Phi) is 6.68. The van der Waals surface area contributed by atoms with Crippen LogP contribution in [0.2, 0.25) is 0 Å². The number of carbonyl (C=O) groups is 1. The molecule has 6 heteroatoms. The summed E-state index contributed by atoms with van der Waals surface area (Å²) in [6.07, 6.45) is 0.403. The number of ether oxygens (including phenoxy) is 1. The molecular weight excluding hydrogens is 342 g/mol. The number of β-amino-alcohol motifs (C(OH)–C–C–N with tert-alkyl or cyclic N) is 1. The molecule has 1 aliphatic heterocycles. The van der Waals surface area contributed by atoms with Gasteiger partial charge in [-0.05, 0) is 35.2 Å². The average molecular weight is 369 g/mol. The maximum atomic E-state index is 11.9. The first-order chi connectivity index (χ1) is 13.1. The van der Waals surface area contributed by atoms with Gasteiger partial charge in [-0.1, -0.05) is 36.4 Å². The van der Waals surface area contributed by atoms with Crippen LogP contribution in [0.4, 0.5) is 4.79 Å². The van der Waals surface area contributed by atoms with Gasteiger partial charge in [0.2, 0.25) is 0 Å². The second-order valence-corrected chi connectivity index (χ2v) is 6.82. The number of fused-ring (bicyclic) bond motifs is 1. The van der Waals surface area contributed by atoms with Crippen molar-refractivity contribution in [3.05, 3.63) is 65.2 Å². The highest BCUT2D eigenvalue weighted by molar-refractivity contribution is 5.73. The van der Waals surface area contributed by atoms with E-state index < -0.39 is 6.10 Å². The Hall–Kier alpha value is -2.57. The van der Waals surface area contributed by atoms with E-state index in [1.807, 2.05) is 30.3 Å². The third kappa shape index (κ3) is 5.70. The number of aliphatic hydroxyl groups excluding tert-OH is 1. The molecule has 2 amide bonds. The number of nitrogens with one attached hydrogen (secondary N) is 2. The molecule has 1 aliphatic rings. The Morgan fingerprint density at radius 3 is 2.63 bits per heavy atom. The number of benzene rings is 2. The summed E-state index contributed by atoms with van der Waals surface area (Å²) in [6, 6.07) is 15.7. The lowest BCUT2D eigenvalue weighted by Gasteiger charge is -2.30. The third-order valence-corrected chi connectivity index (χ3v) is 4.79. The number of carbonyl (C=O) groups excluding carboxylic acids is 1. The zero-order chi connectivity index (χ0) is 19.1. The van der Waals surface area contributed by atoms with E-state index in [9.17, 15) is 9.90 Å². The second-order valence-electron chi connectivity index (χ2n) is 6.82. The fourth-order valence-corrected chi connectivity index (χ4v) is 3.27. The van der Waals surface area contributed by atoms with Gasteiger partial charge in [-0.25, -0.2) is 4.79 Å². The van der Waals surface area contributed by atoms with Gasteiger partial charge in [0, 0.05) is 32.7 Å². The Morgan fingerprint density at radius 1 is 1.15 bits per heavy atom. The van der Waals surface area contributed by atoms with Gasteiger partial charge in [0.15, 0.2) is 0 Å². The van der Waals surface area contributed by atoms with Gasteiger partial charge < -0.3 is 20.5 Å². The van der Waals surface area contributed by atoms with E-state index in [0.29, 0.717) is 13.1 Å². The molecule has 2 aromatic carbocycles. The molecule has 6 nitrogen and oxygen atoms in total. The normalized spacial score (nSPS) is 14.9. The third-order valence-electron chi connectivity index (χ3n) is 4.79. The lowest BCUT2D eigenvalue weighted by atomic mass is 10.00. The van der Waals surface area contributed by atoms with Crippen LogP contribution in [0.3, 0.4) is 0 Å². The summed E-state index contributed by atoms with van der Waals surface area (Å²) in [6.45, 7) is 2.98. The minimum absolute atomic E-state index is 0.229. The molecule has 2 aromatic rings. The molecule has 1 heterocycles. The highest BCUT2D eigenvalue weighted by Crippen LogP contribution is 2.18. The molecule has 144 valence electrons. The number of hydrogen-bond donors (Lipinski definition) is 3. The molecule has 0 radical (unpaired) electrons. The highest BCUT2D eigenvalue weighted by atomic mass is 16.5. The summed E-state index contributed by atoms with van der Waals surface area (Å²) < 4.78 is 5.11. The summed E-state index contributed by atoms with van der Waals surface area (Å²) >= 11 is 0. The minimum atomic E-state index is -0.595. The molecular formula is C21H27N3O3. The van der Waals surface area contributed by atoms with Gasteiger partial charge in [0.1, 0.15) is 5.75 Å². The number of aliphatic hydroxyl groups is 1. The SMILES string of the molecule is COc1ccc(CNC(=O)NC[C@H](O)CN2CCc3ccccc3C2)cc1. The molecule has 0 aliphatic carbocycles. The molecule has 0 aromatic heterocycles. The van der Waals surface area contributed by atoms with E-state index in [0.717, 1.165) is 30.8 Å². The van der Waals surface area contributed by atoms with Crippen molar-refractivity contribution < 1.29 is 14.6 Å². The van der Waals surface area contributed by atoms with Crippen LogP contribution in [0, 0.1) is 0 Å². The Morgan fingerprint density at radius 2 is 1.89 bits per heavy atom. The van der Waals surface area contributed by atoms with Crippen LogP contribution in [0.5, 0.6) is 5.75 Å². The van der Waals surface area contributed by atoms with Crippen LogP contribution in [-0.2, 0) is 19.5 Å². The smallest absolute Gasteiger partial charge is 0.315 e. The van der Waals surface area contributed by atoms with Crippen molar-refractivity contribution in [3.63, 3.8) is 0 Å². The summed E-state index contributed by atoms with van der Waals surface area (Å²) in [7, 11) is 1.62. The molecule has 0 fully saturated rings. The summed E-state index contributed by atoms with van der Waals surface area (Å²) in [4.78, 5) is 14.2. The van der Waals surface area contributed by atoms with E-state index in [1.54, 1.807) is 7.11 Å². The summed E-state index contributed by atoms with van der Waals surface area (Å²) in [5, 5.41) is 15.8. The van der Waals surface area contributed by atoms with E-state index in [-0.39, 0.29) is 12.6 Å². The van der Waals surface area contributed by atoms with Crippen molar-refractivity contribution in [2.75, 3.05) is 26.7 Å². The quantitative estimate of drug-likeness (QED) is 0.697. The fourth-order valence-electron chi connectivity index (χ4n) is 3.27. The van der Waals surface area contributed by atoms with E-state index >= 15 is 0 Å². The second kappa shape index (κ2) is 9.39. The van der Waals surface area contributed by atoms with Crippen LogP contribution in [0.25, 0.3) is 0 Å². The summed E-state index contributed by atoms with van der Waals surface area (Å²) in [5.74, 6) is 0.784. The van der Waals surface area contributed by atoms with Crippen molar-refractivity contribution in [1.29, 1.82) is 0 Å². The van der Waals surface area contributed by atoms with Gasteiger partial charge in [-0.15, -0.1) is 0 Å². The first kappa shape index (κ1) is 19.2. The molecule has 0 bridgehead atoms. The van der Waals surface area contributed by atoms with E-state index in [1.165, 1.54) is 11.1 Å². The number of nitrogens with zero attached hydrogens (tertiary/aromatic N) is 1. The van der Waals surface area contributed by atoms with Gasteiger partial charge in [0.25, 0.3) is 0 Å². The lowest BCUT2D eigenvalue weighted by molar-refractivity contribution is 0.105. The van der Waals surface area contributed by atoms with Gasteiger partial charge in [0.05, 0.1) is 13.2 Å². The molecule has 27 heavy (non-hydrogen) atoms. The predicted octanol–water partition coefficient (Wildman–Crippen LogP) is 1.91. The Labute approximate surface area is 160 Å². The molecule has 0 spiro atoms. The van der Waals surface area contributed by atoms with Crippen LogP contribution in [0.1, 0.15) is 16.7 Å². The van der Waals surface area contributed by atoms with Gasteiger partial charge in [-0.2, -0.15) is 0 Å². The topological polar surface area (TPSA) is 73.8 Å². The van der Waals surface area contributed by atoms with E-state index in [4.69, 9.17) is 4.74 Å². The molecule has 0 unspecified atom stereocenters. The first-order valence-electron chi connectivity index (χ1n) is 9.26. The van der Waals surface area contributed by atoms with Gasteiger partial charge >= 0.3 is 6.03 Å². The van der Waals surface area contributed by atoms with Crippen molar-refractivity contribution in [2.24, 2.45) is 0 Å². The zero-order valence-corrected chi connectivity index (χ0v) is 15.6. The molecule has 0 saturated carbocycles. The lowest BCUT2D eigenvalue weighted by Crippen LogP contribution is -2.44. The fraction of sp³-hybridized carbons (Fsp3) is 0.381. The number of rotatable bonds is 7. The average Bonchev–Trinajstić information content (AvgIpc) is 2.71. The van der Waals surface area contributed by atoms with Crippen molar-refractivity contribution in [3.8, 4) is 5.75 Å². The monoisotopic (exact) mass is 369 g/mol. The van der Waals surface area contributed by atoms with Gasteiger partial charge in [-0.3, -0.25) is 4.90 Å². The number of hydrogen-bond acceptors (Lipinski definition) is 4. The summed E-state index contributed by atoms with van der Waals surface area (Å²) in [5.41, 5.74) is 3.69. The Balaban J connectivity index is 1.36. The number of amides is 2.